The summed E-state index contributed by atoms with van der Waals surface area (Å²) in [7, 11) is 1.33. The number of esters is 1. The predicted octanol–water partition coefficient (Wildman–Crippen LogP) is -0.277. The maximum Gasteiger partial charge on any atom is 0.328 e. The number of nitrogens with one attached hydrogen (secondary N) is 1. The fourth-order valence-corrected chi connectivity index (χ4v) is 2.16. The van der Waals surface area contributed by atoms with Crippen molar-refractivity contribution in [3.8, 4) is 0 Å². The number of hydrogen-bond donors (Lipinski definition) is 2. The van der Waals surface area contributed by atoms with E-state index >= 15 is 0 Å². The molecule has 0 radical (unpaired) electrons. The molecule has 110 valence electrons. The van der Waals surface area contributed by atoms with Crippen LogP contribution in [0.5, 0.6) is 0 Å². The number of carbonyl (C=O) groups excluding carboxylic acids is 2. The van der Waals surface area contributed by atoms with Gasteiger partial charge in [-0.25, -0.2) is 4.79 Å². The number of methoxy groups -OCH3 is 1. The van der Waals surface area contributed by atoms with Crippen LogP contribution in [0, 0.1) is 5.92 Å². The van der Waals surface area contributed by atoms with Crippen LogP contribution in [0.15, 0.2) is 0 Å². The van der Waals surface area contributed by atoms with Gasteiger partial charge in [-0.15, -0.1) is 0 Å². The van der Waals surface area contributed by atoms with E-state index in [2.05, 4.69) is 10.2 Å². The van der Waals surface area contributed by atoms with E-state index in [-0.39, 0.29) is 17.9 Å². The molecule has 1 heterocycles. The molecule has 0 aromatic rings. The second-order valence-electron chi connectivity index (χ2n) is 5.43. The fourth-order valence-electron chi connectivity index (χ4n) is 2.16. The Morgan fingerprint density at radius 1 is 1.37 bits per heavy atom. The molecule has 1 saturated heterocycles. The van der Waals surface area contributed by atoms with Crippen molar-refractivity contribution in [3.05, 3.63) is 0 Å². The molecule has 0 aromatic carbocycles. The number of likely N-dealkylation sites (tertiary alicyclic amines) is 1. The first-order chi connectivity index (χ1) is 8.93. The maximum atomic E-state index is 11.9. The molecule has 0 spiro atoms. The Hall–Kier alpha value is -1.14. The molecule has 1 atom stereocenters. The number of amides is 1. The van der Waals surface area contributed by atoms with Gasteiger partial charge >= 0.3 is 5.97 Å². The van der Waals surface area contributed by atoms with Gasteiger partial charge in [0.05, 0.1) is 13.7 Å². The normalized spacial score (nSPS) is 19.2. The zero-order chi connectivity index (χ0) is 14.4. The van der Waals surface area contributed by atoms with E-state index in [1.165, 1.54) is 7.11 Å². The molecule has 1 aliphatic heterocycles. The van der Waals surface area contributed by atoms with Gasteiger partial charge in [-0.05, 0) is 18.8 Å². The minimum Gasteiger partial charge on any atom is -0.467 e. The molecule has 0 aromatic heterocycles. The summed E-state index contributed by atoms with van der Waals surface area (Å²) in [5.41, 5.74) is 5.82. The van der Waals surface area contributed by atoms with E-state index in [1.54, 1.807) is 0 Å². The Bertz CT molecular complexity index is 312. The van der Waals surface area contributed by atoms with E-state index in [1.807, 2.05) is 13.8 Å². The van der Waals surface area contributed by atoms with Crippen molar-refractivity contribution in [1.29, 1.82) is 0 Å². The van der Waals surface area contributed by atoms with Gasteiger partial charge in [0.2, 0.25) is 5.91 Å². The van der Waals surface area contributed by atoms with Crippen molar-refractivity contribution >= 4 is 11.9 Å². The lowest BCUT2D eigenvalue weighted by atomic mass is 10.0. The van der Waals surface area contributed by atoms with Gasteiger partial charge in [0.15, 0.2) is 0 Å². The standard InChI is InChI=1S/C13H25N3O3/c1-9(2)12(13(18)19-3)15-11(17)8-16-6-4-10(14)5-7-16/h9-10,12H,4-8,14H2,1-3H3,(H,15,17). The molecule has 3 N–H and O–H groups in total. The molecule has 0 bridgehead atoms. The number of carbonyl (C=O) groups is 2. The summed E-state index contributed by atoms with van der Waals surface area (Å²) in [4.78, 5) is 25.6. The van der Waals surface area contributed by atoms with Crippen molar-refractivity contribution < 1.29 is 14.3 Å². The quantitative estimate of drug-likeness (QED) is 0.672. The van der Waals surface area contributed by atoms with Crippen molar-refractivity contribution in [1.82, 2.24) is 10.2 Å². The van der Waals surface area contributed by atoms with Crippen LogP contribution in [0.1, 0.15) is 26.7 Å². The highest BCUT2D eigenvalue weighted by Gasteiger charge is 2.26. The minimum atomic E-state index is -0.579. The van der Waals surface area contributed by atoms with Gasteiger partial charge in [0.25, 0.3) is 0 Å². The first-order valence-electron chi connectivity index (χ1n) is 6.79. The van der Waals surface area contributed by atoms with Crippen LogP contribution in [0.3, 0.4) is 0 Å². The second-order valence-corrected chi connectivity index (χ2v) is 5.43. The molecule has 6 nitrogen and oxygen atoms in total. The van der Waals surface area contributed by atoms with Crippen LogP contribution in [0.4, 0.5) is 0 Å². The fraction of sp³-hybridized carbons (Fsp3) is 0.846. The van der Waals surface area contributed by atoms with Crippen LogP contribution in [-0.2, 0) is 14.3 Å². The molecular weight excluding hydrogens is 246 g/mol. The van der Waals surface area contributed by atoms with Gasteiger partial charge in [-0.2, -0.15) is 0 Å². The molecule has 1 aliphatic rings. The zero-order valence-electron chi connectivity index (χ0n) is 12.0. The molecule has 0 aliphatic carbocycles. The van der Waals surface area contributed by atoms with E-state index in [0.29, 0.717) is 6.54 Å². The number of nitrogens with two attached hydrogens (primary N) is 1. The molecule has 0 saturated carbocycles. The Balaban J connectivity index is 2.42. The van der Waals surface area contributed by atoms with Gasteiger partial charge < -0.3 is 15.8 Å². The van der Waals surface area contributed by atoms with Gasteiger partial charge in [-0.1, -0.05) is 13.8 Å². The van der Waals surface area contributed by atoms with Crippen LogP contribution in [0.2, 0.25) is 0 Å². The molecule has 6 heteroatoms. The Labute approximate surface area is 114 Å². The van der Waals surface area contributed by atoms with Crippen LogP contribution in [0.25, 0.3) is 0 Å². The summed E-state index contributed by atoms with van der Waals surface area (Å²) in [5, 5.41) is 2.74. The SMILES string of the molecule is COC(=O)C(NC(=O)CN1CCC(N)CC1)C(C)C. The van der Waals surface area contributed by atoms with Crippen molar-refractivity contribution in [3.63, 3.8) is 0 Å². The number of nitrogens with zero attached hydrogens (tertiary/aromatic N) is 1. The summed E-state index contributed by atoms with van der Waals surface area (Å²) in [6, 6.07) is -0.331. The highest BCUT2D eigenvalue weighted by Crippen LogP contribution is 2.08. The van der Waals surface area contributed by atoms with Crippen LogP contribution in [-0.4, -0.2) is 55.6 Å². The summed E-state index contributed by atoms with van der Waals surface area (Å²) in [5.74, 6) is -0.533. The average molecular weight is 271 g/mol. The molecule has 1 rings (SSSR count). The van der Waals surface area contributed by atoms with Gasteiger partial charge in [0, 0.05) is 19.1 Å². The lowest BCUT2D eigenvalue weighted by Gasteiger charge is -2.30. The Morgan fingerprint density at radius 2 is 1.95 bits per heavy atom. The third kappa shape index (κ3) is 5.16. The summed E-state index contributed by atoms with van der Waals surface area (Å²) in [6.45, 7) is 5.73. The highest BCUT2D eigenvalue weighted by atomic mass is 16.5. The molecule has 1 amide bonds. The third-order valence-electron chi connectivity index (χ3n) is 3.44. The van der Waals surface area contributed by atoms with Crippen LogP contribution >= 0.6 is 0 Å². The predicted molar refractivity (Wildman–Crippen MR) is 72.4 cm³/mol. The number of rotatable bonds is 5. The second kappa shape index (κ2) is 7.45. The van der Waals surface area contributed by atoms with Crippen molar-refractivity contribution in [2.45, 2.75) is 38.8 Å². The lowest BCUT2D eigenvalue weighted by Crippen LogP contribution is -2.50. The highest BCUT2D eigenvalue weighted by molar-refractivity contribution is 5.85. The monoisotopic (exact) mass is 271 g/mol. The number of ether oxygens (including phenoxy) is 1. The summed E-state index contributed by atoms with van der Waals surface area (Å²) < 4.78 is 4.69. The lowest BCUT2D eigenvalue weighted by molar-refractivity contribution is -0.146. The van der Waals surface area contributed by atoms with E-state index in [4.69, 9.17) is 10.5 Å². The number of piperidine rings is 1. The maximum absolute atomic E-state index is 11.9. The van der Waals surface area contributed by atoms with E-state index < -0.39 is 12.0 Å². The molecule has 19 heavy (non-hydrogen) atoms. The minimum absolute atomic E-state index is 0.00572. The molecular formula is C13H25N3O3. The summed E-state index contributed by atoms with van der Waals surface area (Å²) in [6.07, 6.45) is 1.83. The molecule has 1 unspecified atom stereocenters. The first-order valence-corrected chi connectivity index (χ1v) is 6.79. The van der Waals surface area contributed by atoms with Crippen LogP contribution < -0.4 is 11.1 Å². The average Bonchev–Trinajstić information content (AvgIpc) is 2.37. The van der Waals surface area contributed by atoms with E-state index in [0.717, 1.165) is 25.9 Å². The van der Waals surface area contributed by atoms with Gasteiger partial charge in [-0.3, -0.25) is 9.69 Å². The third-order valence-corrected chi connectivity index (χ3v) is 3.44. The van der Waals surface area contributed by atoms with Crippen molar-refractivity contribution in [2.24, 2.45) is 11.7 Å². The Morgan fingerprint density at radius 3 is 2.42 bits per heavy atom. The van der Waals surface area contributed by atoms with Gasteiger partial charge in [0.1, 0.15) is 6.04 Å². The number of hydrogen-bond acceptors (Lipinski definition) is 5. The zero-order valence-corrected chi connectivity index (χ0v) is 12.0. The van der Waals surface area contributed by atoms with Crippen molar-refractivity contribution in [2.75, 3.05) is 26.7 Å². The summed E-state index contributed by atoms with van der Waals surface area (Å²) >= 11 is 0. The first kappa shape index (κ1) is 15.9. The topological polar surface area (TPSA) is 84.7 Å². The Kier molecular flexibility index (Phi) is 6.24. The van der Waals surface area contributed by atoms with E-state index in [9.17, 15) is 9.59 Å². The smallest absolute Gasteiger partial charge is 0.328 e. The molecule has 1 fully saturated rings. The largest absolute Gasteiger partial charge is 0.467 e.